The number of hydrogen-bond donors (Lipinski definition) is 3. The van der Waals surface area contributed by atoms with Gasteiger partial charge >= 0.3 is 18.2 Å². The number of alkyl carbamates (subject to hydrolysis) is 1. The average Bonchev–Trinajstić information content (AvgIpc) is 3.60. The first-order valence-electron chi connectivity index (χ1n) is 16.8. The maximum Gasteiger partial charge on any atom is 0.410 e. The van der Waals surface area contributed by atoms with Crippen molar-refractivity contribution in [3.8, 4) is 0 Å². The van der Waals surface area contributed by atoms with Crippen molar-refractivity contribution in [3.05, 3.63) is 47.5 Å². The predicted octanol–water partition coefficient (Wildman–Crippen LogP) is 2.90. The van der Waals surface area contributed by atoms with Crippen molar-refractivity contribution in [2.75, 3.05) is 26.3 Å². The number of fused-ring (bicyclic) bond motifs is 3. The van der Waals surface area contributed by atoms with E-state index >= 15 is 0 Å². The van der Waals surface area contributed by atoms with Crippen LogP contribution in [0.15, 0.2) is 36.4 Å². The molecule has 5 aliphatic rings. The molecule has 2 saturated heterocycles. The van der Waals surface area contributed by atoms with Crippen LogP contribution >= 0.6 is 0 Å². The number of carbonyl (C=O) groups excluding carboxylic acids is 4. The molecule has 0 unspecified atom stereocenters. The Hall–Kier alpha value is -4.13. The molecule has 3 N–H and O–H groups in total. The van der Waals surface area contributed by atoms with Gasteiger partial charge in [0.1, 0.15) is 29.8 Å². The lowest BCUT2D eigenvalue weighted by molar-refractivity contribution is -0.145. The van der Waals surface area contributed by atoms with Crippen LogP contribution in [0, 0.1) is 5.92 Å². The molecule has 3 fully saturated rings. The number of benzene rings is 1. The summed E-state index contributed by atoms with van der Waals surface area (Å²) in [6, 6.07) is 5.84. The van der Waals surface area contributed by atoms with Crippen molar-refractivity contribution in [1.29, 1.82) is 0 Å². The van der Waals surface area contributed by atoms with Crippen molar-refractivity contribution < 1.29 is 43.3 Å². The fourth-order valence-corrected chi connectivity index (χ4v) is 7.14. The Kier molecular flexibility index (Phi) is 10.00. The molecule has 254 valence electrons. The van der Waals surface area contributed by atoms with Gasteiger partial charge in [0.25, 0.3) is 0 Å². The predicted molar refractivity (Wildman–Crippen MR) is 167 cm³/mol. The molecule has 5 atom stereocenters. The van der Waals surface area contributed by atoms with Crippen LogP contribution in [0.3, 0.4) is 0 Å². The zero-order valence-corrected chi connectivity index (χ0v) is 26.6. The van der Waals surface area contributed by atoms with Crippen LogP contribution in [-0.4, -0.2) is 101 Å². The van der Waals surface area contributed by atoms with Crippen LogP contribution in [0.1, 0.15) is 68.9 Å². The van der Waals surface area contributed by atoms with Gasteiger partial charge in [0, 0.05) is 38.3 Å². The van der Waals surface area contributed by atoms with Crippen LogP contribution in [0.5, 0.6) is 0 Å². The summed E-state index contributed by atoms with van der Waals surface area (Å²) >= 11 is 0. The number of aliphatic carboxylic acids is 1. The van der Waals surface area contributed by atoms with Gasteiger partial charge in [0.2, 0.25) is 11.8 Å². The highest BCUT2D eigenvalue weighted by Crippen LogP contribution is 2.45. The molecule has 6 rings (SSSR count). The third-order valence-corrected chi connectivity index (χ3v) is 10.0. The van der Waals surface area contributed by atoms with Crippen LogP contribution in [0.25, 0.3) is 0 Å². The highest BCUT2D eigenvalue weighted by atomic mass is 16.6. The molecule has 1 aromatic rings. The Morgan fingerprint density at radius 1 is 1.00 bits per heavy atom. The van der Waals surface area contributed by atoms with Gasteiger partial charge in [-0.1, -0.05) is 49.3 Å². The third-order valence-electron chi connectivity index (χ3n) is 10.0. The number of ether oxygens (including phenoxy) is 3. The Morgan fingerprint density at radius 3 is 2.57 bits per heavy atom. The fraction of sp³-hybridized carbons (Fsp3) is 0.618. The third kappa shape index (κ3) is 7.55. The van der Waals surface area contributed by atoms with E-state index in [9.17, 15) is 29.1 Å². The van der Waals surface area contributed by atoms with Gasteiger partial charge in [-0.15, -0.1) is 0 Å². The van der Waals surface area contributed by atoms with Gasteiger partial charge in [-0.3, -0.25) is 9.59 Å². The first-order chi connectivity index (χ1) is 22.7. The summed E-state index contributed by atoms with van der Waals surface area (Å²) in [5.41, 5.74) is 0.766. The van der Waals surface area contributed by atoms with Gasteiger partial charge in [-0.25, -0.2) is 14.4 Å². The number of rotatable bonds is 4. The number of carbonyl (C=O) groups is 5. The molecule has 4 aliphatic heterocycles. The maximum absolute atomic E-state index is 14.2. The van der Waals surface area contributed by atoms with Gasteiger partial charge in [0.05, 0.1) is 19.8 Å². The average molecular weight is 653 g/mol. The molecule has 13 heteroatoms. The molecule has 0 bridgehead atoms. The van der Waals surface area contributed by atoms with Gasteiger partial charge < -0.3 is 39.8 Å². The Balaban J connectivity index is 1.20. The maximum atomic E-state index is 14.2. The first-order valence-corrected chi connectivity index (χ1v) is 16.8. The van der Waals surface area contributed by atoms with Gasteiger partial charge in [-0.05, 0) is 43.2 Å². The second-order valence-corrected chi connectivity index (χ2v) is 13.2. The molecule has 4 amide bonds. The first kappa shape index (κ1) is 32.8. The molecule has 1 saturated carbocycles. The van der Waals surface area contributed by atoms with E-state index in [1.807, 2.05) is 36.4 Å². The fourth-order valence-electron chi connectivity index (χ4n) is 7.14. The molecule has 0 radical (unpaired) electrons. The lowest BCUT2D eigenvalue weighted by atomic mass is 10.0. The van der Waals surface area contributed by atoms with E-state index < -0.39 is 53.7 Å². The summed E-state index contributed by atoms with van der Waals surface area (Å²) in [5.74, 6) is -2.61. The number of carboxylic acid groups (broad SMARTS) is 1. The van der Waals surface area contributed by atoms with Crippen molar-refractivity contribution in [3.63, 3.8) is 0 Å². The molecule has 0 aromatic heterocycles. The van der Waals surface area contributed by atoms with Gasteiger partial charge in [-0.2, -0.15) is 0 Å². The van der Waals surface area contributed by atoms with E-state index in [1.165, 1.54) is 10.5 Å². The summed E-state index contributed by atoms with van der Waals surface area (Å²) < 4.78 is 16.8. The Labute approximate surface area is 273 Å². The SMILES string of the molecule is O=C(N[C@H]1CCCCCC=C[C@@H]2C[C@@]2(C(=O)O)NC(=O)[C@@H]2C[C@@H](OC(=O)N3CCc4ccccc4C3)CN2C1=O)OC1CCOCC1. The van der Waals surface area contributed by atoms with E-state index in [0.29, 0.717) is 58.4 Å². The largest absolute Gasteiger partial charge is 0.479 e. The molecule has 0 spiro atoms. The van der Waals surface area contributed by atoms with Crippen molar-refractivity contribution in [2.45, 2.75) is 101 Å². The second kappa shape index (κ2) is 14.3. The zero-order chi connectivity index (χ0) is 33.0. The summed E-state index contributed by atoms with van der Waals surface area (Å²) in [7, 11) is 0. The van der Waals surface area contributed by atoms with E-state index in [-0.39, 0.29) is 31.4 Å². The number of allylic oxidation sites excluding steroid dienone is 1. The molecular formula is C34H44N4O9. The topological polar surface area (TPSA) is 164 Å². The minimum atomic E-state index is -1.45. The summed E-state index contributed by atoms with van der Waals surface area (Å²) in [6.45, 7) is 1.78. The number of amides is 4. The van der Waals surface area contributed by atoms with E-state index in [4.69, 9.17) is 14.2 Å². The van der Waals surface area contributed by atoms with Gasteiger partial charge in [0.15, 0.2) is 0 Å². The summed E-state index contributed by atoms with van der Waals surface area (Å²) in [5, 5.41) is 15.6. The van der Waals surface area contributed by atoms with Crippen molar-refractivity contribution in [1.82, 2.24) is 20.4 Å². The minimum absolute atomic E-state index is 0.00316. The number of carboxylic acids is 1. The molecular weight excluding hydrogens is 608 g/mol. The smallest absolute Gasteiger partial charge is 0.410 e. The van der Waals surface area contributed by atoms with Crippen molar-refractivity contribution in [2.24, 2.45) is 5.92 Å². The quantitative estimate of drug-likeness (QED) is 0.415. The van der Waals surface area contributed by atoms with E-state index in [1.54, 1.807) is 4.90 Å². The number of nitrogens with zero attached hydrogens (tertiary/aromatic N) is 2. The molecule has 1 aliphatic carbocycles. The standard InChI is InChI=1S/C34H44N4O9/c39-29-28-18-26(47-33(44)37-15-12-22-8-6-7-9-23(22)20-37)21-38(28)30(40)27(35-32(43)46-25-13-16-45-17-14-25)11-5-3-1-2-4-10-24-19-34(24,36-29)31(41)42/h4,6-10,24-28H,1-3,5,11-21H2,(H,35,43)(H,36,39)(H,41,42)/t24-,26-,27+,28+,34-/m1/s1. The molecule has 1 aromatic carbocycles. The minimum Gasteiger partial charge on any atom is -0.479 e. The summed E-state index contributed by atoms with van der Waals surface area (Å²) in [6.07, 6.45) is 6.83. The van der Waals surface area contributed by atoms with Crippen LogP contribution in [0.4, 0.5) is 9.59 Å². The van der Waals surface area contributed by atoms with Crippen LogP contribution in [0.2, 0.25) is 0 Å². The monoisotopic (exact) mass is 652 g/mol. The molecule has 4 heterocycles. The lowest BCUT2D eigenvalue weighted by Crippen LogP contribution is -2.56. The lowest BCUT2D eigenvalue weighted by Gasteiger charge is -2.30. The highest BCUT2D eigenvalue weighted by Gasteiger charge is 2.61. The zero-order valence-electron chi connectivity index (χ0n) is 26.6. The summed E-state index contributed by atoms with van der Waals surface area (Å²) in [4.78, 5) is 69.6. The van der Waals surface area contributed by atoms with Crippen LogP contribution in [-0.2, 0) is 41.6 Å². The normalized spacial score (nSPS) is 30.0. The Bertz CT molecular complexity index is 1400. The van der Waals surface area contributed by atoms with Crippen LogP contribution < -0.4 is 10.6 Å². The number of hydrogen-bond acceptors (Lipinski definition) is 8. The Morgan fingerprint density at radius 2 is 1.79 bits per heavy atom. The molecule has 13 nitrogen and oxygen atoms in total. The molecule has 47 heavy (non-hydrogen) atoms. The second-order valence-electron chi connectivity index (χ2n) is 13.2. The van der Waals surface area contributed by atoms with Crippen molar-refractivity contribution >= 4 is 30.0 Å². The highest BCUT2D eigenvalue weighted by molar-refractivity contribution is 5.96. The van der Waals surface area contributed by atoms with E-state index in [2.05, 4.69) is 10.6 Å². The number of nitrogens with one attached hydrogen (secondary N) is 2. The van der Waals surface area contributed by atoms with E-state index in [0.717, 1.165) is 24.8 Å².